The van der Waals surface area contributed by atoms with Crippen LogP contribution in [0, 0.1) is 0 Å². The zero-order valence-corrected chi connectivity index (χ0v) is 11.4. The first-order valence-electron chi connectivity index (χ1n) is 6.85. The van der Waals surface area contributed by atoms with Gasteiger partial charge in [-0.2, -0.15) is 0 Å². The van der Waals surface area contributed by atoms with Gasteiger partial charge in [-0.3, -0.25) is 4.98 Å². The van der Waals surface area contributed by atoms with Crippen molar-refractivity contribution in [2.75, 3.05) is 23.7 Å². The lowest BCUT2D eigenvalue weighted by atomic mass is 10.1. The fourth-order valence-corrected chi connectivity index (χ4v) is 1.90. The van der Waals surface area contributed by atoms with Crippen LogP contribution in [0.1, 0.15) is 18.9 Å². The summed E-state index contributed by atoms with van der Waals surface area (Å²) in [4.78, 5) is 4.24. The molecule has 0 aliphatic carbocycles. The summed E-state index contributed by atoms with van der Waals surface area (Å²) in [7, 11) is 0. The predicted molar refractivity (Wildman–Crippen MR) is 81.7 cm³/mol. The van der Waals surface area contributed by atoms with E-state index in [-0.39, 0.29) is 0 Å². The monoisotopic (exact) mass is 255 g/mol. The lowest BCUT2D eigenvalue weighted by molar-refractivity contribution is 0.976. The van der Waals surface area contributed by atoms with Crippen molar-refractivity contribution in [3.05, 3.63) is 54.4 Å². The molecule has 2 aromatic rings. The van der Waals surface area contributed by atoms with E-state index in [0.29, 0.717) is 0 Å². The summed E-state index contributed by atoms with van der Waals surface area (Å²) in [5.74, 6) is 0. The normalized spacial score (nSPS) is 10.2. The number of nitrogens with zero attached hydrogens (tertiary/aromatic N) is 1. The molecule has 0 saturated heterocycles. The Hall–Kier alpha value is -2.03. The third kappa shape index (κ3) is 4.62. The highest BCUT2D eigenvalue weighted by atomic mass is 14.9. The molecule has 19 heavy (non-hydrogen) atoms. The van der Waals surface area contributed by atoms with Crippen LogP contribution in [0.25, 0.3) is 0 Å². The minimum Gasteiger partial charge on any atom is -0.384 e. The van der Waals surface area contributed by atoms with E-state index in [9.17, 15) is 0 Å². The van der Waals surface area contributed by atoms with E-state index in [2.05, 4.69) is 52.9 Å². The first-order chi connectivity index (χ1) is 9.38. The minimum absolute atomic E-state index is 0.920. The van der Waals surface area contributed by atoms with Crippen molar-refractivity contribution in [1.29, 1.82) is 0 Å². The molecule has 100 valence electrons. The molecule has 2 rings (SSSR count). The molecule has 0 unspecified atom stereocenters. The van der Waals surface area contributed by atoms with Gasteiger partial charge in [0.25, 0.3) is 0 Å². The van der Waals surface area contributed by atoms with E-state index in [1.165, 1.54) is 5.56 Å². The van der Waals surface area contributed by atoms with Crippen LogP contribution in [0.4, 0.5) is 11.4 Å². The van der Waals surface area contributed by atoms with Crippen LogP contribution in [-0.4, -0.2) is 18.1 Å². The molecule has 2 N–H and O–H groups in total. The Bertz CT molecular complexity index is 482. The fourth-order valence-electron chi connectivity index (χ4n) is 1.90. The summed E-state index contributed by atoms with van der Waals surface area (Å²) < 4.78 is 0. The summed E-state index contributed by atoms with van der Waals surface area (Å²) in [6, 6.07) is 12.6. The van der Waals surface area contributed by atoms with Gasteiger partial charge >= 0.3 is 0 Å². The molecule has 3 heteroatoms. The summed E-state index contributed by atoms with van der Waals surface area (Å²) in [6.45, 7) is 4.06. The summed E-state index contributed by atoms with van der Waals surface area (Å²) in [6.07, 6.45) is 5.86. The second-order valence-electron chi connectivity index (χ2n) is 4.55. The number of hydrogen-bond donors (Lipinski definition) is 2. The number of pyridine rings is 1. The molecular formula is C16H21N3. The molecule has 1 heterocycles. The third-order valence-electron chi connectivity index (χ3n) is 2.90. The van der Waals surface area contributed by atoms with Crippen LogP contribution >= 0.6 is 0 Å². The van der Waals surface area contributed by atoms with Gasteiger partial charge in [0.15, 0.2) is 0 Å². The average molecular weight is 255 g/mol. The highest BCUT2D eigenvalue weighted by Gasteiger charge is 1.96. The molecule has 0 saturated carbocycles. The second kappa shape index (κ2) is 7.41. The number of nitrogens with one attached hydrogen (secondary N) is 2. The standard InChI is InChI=1S/C16H21N3/c1-2-9-18-15-11-16(13-17-12-15)19-10-8-14-6-4-3-5-7-14/h3-7,11-13,18-19H,2,8-10H2,1H3. The Morgan fingerprint density at radius 2 is 1.63 bits per heavy atom. The number of rotatable bonds is 7. The van der Waals surface area contributed by atoms with Gasteiger partial charge < -0.3 is 10.6 Å². The van der Waals surface area contributed by atoms with E-state index in [4.69, 9.17) is 0 Å². The molecule has 1 aromatic heterocycles. The van der Waals surface area contributed by atoms with E-state index in [0.717, 1.165) is 37.3 Å². The molecule has 0 atom stereocenters. The highest BCUT2D eigenvalue weighted by Crippen LogP contribution is 2.13. The third-order valence-corrected chi connectivity index (χ3v) is 2.90. The Balaban J connectivity index is 1.82. The van der Waals surface area contributed by atoms with Gasteiger partial charge in [0.1, 0.15) is 0 Å². The number of aromatic nitrogens is 1. The van der Waals surface area contributed by atoms with Gasteiger partial charge in [-0.1, -0.05) is 37.3 Å². The van der Waals surface area contributed by atoms with E-state index in [1.807, 2.05) is 18.5 Å². The van der Waals surface area contributed by atoms with Crippen molar-refractivity contribution in [3.63, 3.8) is 0 Å². The molecular weight excluding hydrogens is 234 g/mol. The first kappa shape index (κ1) is 13.4. The second-order valence-corrected chi connectivity index (χ2v) is 4.55. The van der Waals surface area contributed by atoms with Gasteiger partial charge in [0, 0.05) is 13.1 Å². The summed E-state index contributed by atoms with van der Waals surface area (Å²) in [5.41, 5.74) is 3.49. The highest BCUT2D eigenvalue weighted by molar-refractivity contribution is 5.53. The SMILES string of the molecule is CCCNc1cncc(NCCc2ccccc2)c1. The maximum Gasteiger partial charge on any atom is 0.0547 e. The van der Waals surface area contributed by atoms with Crippen molar-refractivity contribution in [3.8, 4) is 0 Å². The van der Waals surface area contributed by atoms with Crippen molar-refractivity contribution >= 4 is 11.4 Å². The lowest BCUT2D eigenvalue weighted by Crippen LogP contribution is -2.06. The quantitative estimate of drug-likeness (QED) is 0.794. The topological polar surface area (TPSA) is 37.0 Å². The van der Waals surface area contributed by atoms with E-state index >= 15 is 0 Å². The zero-order valence-electron chi connectivity index (χ0n) is 11.4. The van der Waals surface area contributed by atoms with E-state index in [1.54, 1.807) is 0 Å². The molecule has 0 spiro atoms. The molecule has 3 nitrogen and oxygen atoms in total. The largest absolute Gasteiger partial charge is 0.384 e. The van der Waals surface area contributed by atoms with Crippen molar-refractivity contribution in [2.24, 2.45) is 0 Å². The van der Waals surface area contributed by atoms with Crippen LogP contribution in [0.5, 0.6) is 0 Å². The van der Waals surface area contributed by atoms with Crippen molar-refractivity contribution in [1.82, 2.24) is 4.98 Å². The zero-order chi connectivity index (χ0) is 13.3. The van der Waals surface area contributed by atoms with Gasteiger partial charge in [-0.25, -0.2) is 0 Å². The predicted octanol–water partition coefficient (Wildman–Crippen LogP) is 3.56. The molecule has 0 aliphatic rings. The molecule has 1 aromatic carbocycles. The lowest BCUT2D eigenvalue weighted by Gasteiger charge is -2.09. The van der Waals surface area contributed by atoms with Gasteiger partial charge in [-0.15, -0.1) is 0 Å². The van der Waals surface area contributed by atoms with Crippen molar-refractivity contribution < 1.29 is 0 Å². The molecule has 0 radical (unpaired) electrons. The maximum atomic E-state index is 4.24. The average Bonchev–Trinajstić information content (AvgIpc) is 2.47. The van der Waals surface area contributed by atoms with Crippen LogP contribution < -0.4 is 10.6 Å². The Morgan fingerprint density at radius 3 is 2.32 bits per heavy atom. The van der Waals surface area contributed by atoms with E-state index < -0.39 is 0 Å². The summed E-state index contributed by atoms with van der Waals surface area (Å²) in [5, 5.41) is 6.75. The Kier molecular flexibility index (Phi) is 5.23. The van der Waals surface area contributed by atoms with Gasteiger partial charge in [-0.05, 0) is 24.5 Å². The number of anilines is 2. The minimum atomic E-state index is 0.920. The van der Waals surface area contributed by atoms with Crippen molar-refractivity contribution in [2.45, 2.75) is 19.8 Å². The van der Waals surface area contributed by atoms with Gasteiger partial charge in [0.05, 0.1) is 23.8 Å². The van der Waals surface area contributed by atoms with Crippen LogP contribution in [0.3, 0.4) is 0 Å². The molecule has 0 amide bonds. The molecule has 0 fully saturated rings. The molecule has 0 aliphatic heterocycles. The van der Waals surface area contributed by atoms with Crippen LogP contribution in [0.2, 0.25) is 0 Å². The Morgan fingerprint density at radius 1 is 0.947 bits per heavy atom. The number of benzene rings is 1. The summed E-state index contributed by atoms with van der Waals surface area (Å²) >= 11 is 0. The van der Waals surface area contributed by atoms with Crippen LogP contribution in [-0.2, 0) is 6.42 Å². The molecule has 0 bridgehead atoms. The number of hydrogen-bond acceptors (Lipinski definition) is 3. The smallest absolute Gasteiger partial charge is 0.0547 e. The van der Waals surface area contributed by atoms with Crippen LogP contribution in [0.15, 0.2) is 48.8 Å². The maximum absolute atomic E-state index is 4.24. The Labute approximate surface area is 115 Å². The fraction of sp³-hybridized carbons (Fsp3) is 0.312. The van der Waals surface area contributed by atoms with Gasteiger partial charge in [0.2, 0.25) is 0 Å². The first-order valence-corrected chi connectivity index (χ1v) is 6.85.